The molecule has 0 saturated carbocycles. The first-order chi connectivity index (χ1) is 8.91. The van der Waals surface area contributed by atoms with Crippen LogP contribution in [0.3, 0.4) is 0 Å². The molecule has 3 N–H and O–H groups in total. The Hall–Kier alpha value is -1.44. The number of urea groups is 1. The van der Waals surface area contributed by atoms with Crippen LogP contribution in [0, 0.1) is 0 Å². The number of nitrogens with one attached hydrogen (secondary N) is 1. The minimum atomic E-state index is -1.21. The molecule has 0 spiro atoms. The Bertz CT molecular complexity index is 363. The Labute approximate surface area is 115 Å². The number of carboxylic acids is 2. The Morgan fingerprint density at radius 1 is 1.42 bits per heavy atom. The first kappa shape index (κ1) is 15.6. The highest BCUT2D eigenvalue weighted by Crippen LogP contribution is 2.16. The van der Waals surface area contributed by atoms with Crippen molar-refractivity contribution in [3.63, 3.8) is 0 Å². The average Bonchev–Trinajstić information content (AvgIpc) is 2.34. The van der Waals surface area contributed by atoms with Gasteiger partial charge in [-0.15, -0.1) is 0 Å². The van der Waals surface area contributed by atoms with Crippen LogP contribution in [-0.2, 0) is 9.59 Å². The average molecular weight is 290 g/mol. The maximum atomic E-state index is 12.0. The Morgan fingerprint density at radius 2 is 2.11 bits per heavy atom. The highest BCUT2D eigenvalue weighted by atomic mass is 32.2. The number of thioether (sulfide) groups is 1. The van der Waals surface area contributed by atoms with Gasteiger partial charge in [0.25, 0.3) is 0 Å². The fourth-order valence-electron chi connectivity index (χ4n) is 1.79. The molecule has 7 nitrogen and oxygen atoms in total. The predicted octanol–water partition coefficient (Wildman–Crippen LogP) is 0.451. The molecule has 0 radical (unpaired) electrons. The zero-order valence-electron chi connectivity index (χ0n) is 10.7. The van der Waals surface area contributed by atoms with Gasteiger partial charge >= 0.3 is 18.0 Å². The third-order valence-electron chi connectivity index (χ3n) is 2.87. The number of hydrogen-bond acceptors (Lipinski definition) is 4. The summed E-state index contributed by atoms with van der Waals surface area (Å²) in [7, 11) is 0. The van der Waals surface area contributed by atoms with Crippen molar-refractivity contribution >= 4 is 29.7 Å². The van der Waals surface area contributed by atoms with Crippen molar-refractivity contribution in [1.29, 1.82) is 0 Å². The molecular weight excluding hydrogens is 272 g/mol. The van der Waals surface area contributed by atoms with Crippen LogP contribution in [0.2, 0.25) is 0 Å². The first-order valence-electron chi connectivity index (χ1n) is 6.01. The zero-order chi connectivity index (χ0) is 14.4. The lowest BCUT2D eigenvalue weighted by molar-refractivity contribution is -0.140. The fraction of sp³-hybridized carbons (Fsp3) is 0.727. The fourth-order valence-corrected chi connectivity index (χ4v) is 2.80. The molecule has 0 bridgehead atoms. The highest BCUT2D eigenvalue weighted by molar-refractivity contribution is 7.99. The molecule has 0 aromatic rings. The van der Waals surface area contributed by atoms with E-state index in [1.54, 1.807) is 16.7 Å². The summed E-state index contributed by atoms with van der Waals surface area (Å²) < 4.78 is 0. The second-order valence-corrected chi connectivity index (χ2v) is 5.54. The number of amides is 2. The normalized spacial score (nSPS) is 20.7. The lowest BCUT2D eigenvalue weighted by Crippen LogP contribution is -2.53. The Morgan fingerprint density at radius 3 is 2.63 bits per heavy atom. The predicted molar refractivity (Wildman–Crippen MR) is 70.3 cm³/mol. The zero-order valence-corrected chi connectivity index (χ0v) is 11.5. The van der Waals surface area contributed by atoms with Gasteiger partial charge in [-0.05, 0) is 13.3 Å². The van der Waals surface area contributed by atoms with Crippen LogP contribution in [-0.4, -0.2) is 63.2 Å². The molecule has 0 aliphatic carbocycles. The van der Waals surface area contributed by atoms with Crippen LogP contribution >= 0.6 is 11.8 Å². The summed E-state index contributed by atoms with van der Waals surface area (Å²) in [5.74, 6) is -0.651. The van der Waals surface area contributed by atoms with Gasteiger partial charge in [-0.25, -0.2) is 9.59 Å². The summed E-state index contributed by atoms with van der Waals surface area (Å²) >= 11 is 1.75. The second kappa shape index (κ2) is 7.22. The quantitative estimate of drug-likeness (QED) is 0.678. The minimum Gasteiger partial charge on any atom is -0.481 e. The Balaban J connectivity index is 2.55. The molecule has 1 aliphatic rings. The van der Waals surface area contributed by atoms with E-state index in [0.29, 0.717) is 6.54 Å². The lowest BCUT2D eigenvalue weighted by Gasteiger charge is -2.33. The van der Waals surface area contributed by atoms with Crippen molar-refractivity contribution in [2.45, 2.75) is 31.8 Å². The molecule has 2 amide bonds. The number of nitrogens with zero attached hydrogens (tertiary/aromatic N) is 1. The lowest BCUT2D eigenvalue weighted by atomic mass is 10.1. The van der Waals surface area contributed by atoms with E-state index in [1.807, 2.05) is 6.92 Å². The number of rotatable bonds is 5. The third kappa shape index (κ3) is 4.98. The van der Waals surface area contributed by atoms with Gasteiger partial charge in [0.2, 0.25) is 0 Å². The molecular formula is C11H18N2O5S. The number of hydrogen-bond donors (Lipinski definition) is 3. The van der Waals surface area contributed by atoms with E-state index in [4.69, 9.17) is 10.2 Å². The van der Waals surface area contributed by atoms with Gasteiger partial charge in [0, 0.05) is 30.5 Å². The smallest absolute Gasteiger partial charge is 0.326 e. The van der Waals surface area contributed by atoms with Gasteiger partial charge in [-0.3, -0.25) is 4.79 Å². The van der Waals surface area contributed by atoms with E-state index in [0.717, 1.165) is 11.5 Å². The second-order valence-electron chi connectivity index (χ2n) is 4.39. The number of aliphatic carboxylic acids is 2. The minimum absolute atomic E-state index is 0.0488. The molecule has 1 unspecified atom stereocenters. The van der Waals surface area contributed by atoms with Gasteiger partial charge in [-0.1, -0.05) is 0 Å². The maximum Gasteiger partial charge on any atom is 0.326 e. The molecule has 19 heavy (non-hydrogen) atoms. The van der Waals surface area contributed by atoms with E-state index in [-0.39, 0.29) is 18.9 Å². The summed E-state index contributed by atoms with van der Waals surface area (Å²) in [6, 6.07) is -1.55. The SMILES string of the molecule is CC1CSCCN1C(=O)N[C@@H](CCC(=O)O)C(=O)O. The van der Waals surface area contributed by atoms with Crippen molar-refractivity contribution < 1.29 is 24.6 Å². The molecule has 1 rings (SSSR count). The summed E-state index contributed by atoms with van der Waals surface area (Å²) in [5.41, 5.74) is 0. The van der Waals surface area contributed by atoms with E-state index < -0.39 is 24.0 Å². The summed E-state index contributed by atoms with van der Waals surface area (Å²) in [6.45, 7) is 2.47. The molecule has 1 heterocycles. The van der Waals surface area contributed by atoms with Gasteiger partial charge in [0.1, 0.15) is 6.04 Å². The van der Waals surface area contributed by atoms with Crippen molar-refractivity contribution in [2.75, 3.05) is 18.1 Å². The monoisotopic (exact) mass is 290 g/mol. The third-order valence-corrected chi connectivity index (χ3v) is 4.06. The van der Waals surface area contributed by atoms with Crippen molar-refractivity contribution in [2.24, 2.45) is 0 Å². The summed E-state index contributed by atoms with van der Waals surface area (Å²) in [6.07, 6.45) is -0.407. The molecule has 0 aromatic heterocycles. The number of carbonyl (C=O) groups is 3. The molecule has 108 valence electrons. The van der Waals surface area contributed by atoms with Crippen LogP contribution in [0.15, 0.2) is 0 Å². The van der Waals surface area contributed by atoms with Gasteiger partial charge in [0.05, 0.1) is 0 Å². The number of carboxylic acid groups (broad SMARTS) is 2. The maximum absolute atomic E-state index is 12.0. The van der Waals surface area contributed by atoms with Crippen LogP contribution < -0.4 is 5.32 Å². The van der Waals surface area contributed by atoms with Crippen LogP contribution in [0.1, 0.15) is 19.8 Å². The largest absolute Gasteiger partial charge is 0.481 e. The van der Waals surface area contributed by atoms with Gasteiger partial charge in [0.15, 0.2) is 0 Å². The van der Waals surface area contributed by atoms with Crippen LogP contribution in [0.4, 0.5) is 4.79 Å². The van der Waals surface area contributed by atoms with Crippen molar-refractivity contribution in [1.82, 2.24) is 10.2 Å². The summed E-state index contributed by atoms with van der Waals surface area (Å²) in [5, 5.41) is 19.9. The molecule has 1 aliphatic heterocycles. The van der Waals surface area contributed by atoms with E-state index in [1.165, 1.54) is 0 Å². The molecule has 8 heteroatoms. The summed E-state index contributed by atoms with van der Waals surface area (Å²) in [4.78, 5) is 35.0. The standard InChI is InChI=1S/C11H18N2O5S/c1-7-6-19-5-4-13(7)11(18)12-8(10(16)17)2-3-9(14)15/h7-8H,2-6H2,1H3,(H,12,18)(H,14,15)(H,16,17)/t7?,8-/m0/s1. The van der Waals surface area contributed by atoms with E-state index >= 15 is 0 Å². The molecule has 1 fully saturated rings. The van der Waals surface area contributed by atoms with Crippen molar-refractivity contribution in [3.05, 3.63) is 0 Å². The first-order valence-corrected chi connectivity index (χ1v) is 7.16. The van der Waals surface area contributed by atoms with Crippen LogP contribution in [0.5, 0.6) is 0 Å². The van der Waals surface area contributed by atoms with E-state index in [2.05, 4.69) is 5.32 Å². The van der Waals surface area contributed by atoms with E-state index in [9.17, 15) is 14.4 Å². The Kier molecular flexibility index (Phi) is 5.94. The van der Waals surface area contributed by atoms with Crippen LogP contribution in [0.25, 0.3) is 0 Å². The topological polar surface area (TPSA) is 107 Å². The number of carbonyl (C=O) groups excluding carboxylic acids is 1. The van der Waals surface area contributed by atoms with Gasteiger partial charge < -0.3 is 20.4 Å². The van der Waals surface area contributed by atoms with Crippen molar-refractivity contribution in [3.8, 4) is 0 Å². The molecule has 2 atom stereocenters. The molecule has 1 saturated heterocycles. The van der Waals surface area contributed by atoms with Gasteiger partial charge in [-0.2, -0.15) is 11.8 Å². The highest BCUT2D eigenvalue weighted by Gasteiger charge is 2.27. The molecule has 0 aromatic carbocycles.